The van der Waals surface area contributed by atoms with Crippen molar-refractivity contribution in [3.05, 3.63) is 119 Å². The van der Waals surface area contributed by atoms with Gasteiger partial charge in [0.1, 0.15) is 5.75 Å². The molecule has 0 unspecified atom stereocenters. The SMILES string of the molecule is COc1ccc(-c2ccc(=O)n(CCNC(=O)C(c3ccccc3)c3ccccc3)n2)cc1. The predicted octanol–water partition coefficient (Wildman–Crippen LogP) is 3.87. The Bertz CT molecular complexity index is 1210. The van der Waals surface area contributed by atoms with E-state index in [0.717, 1.165) is 22.4 Å². The Kier molecular flexibility index (Phi) is 6.95. The maximum atomic E-state index is 13.1. The summed E-state index contributed by atoms with van der Waals surface area (Å²) in [7, 11) is 1.61. The van der Waals surface area contributed by atoms with Crippen LogP contribution in [0, 0.1) is 0 Å². The van der Waals surface area contributed by atoms with E-state index in [1.807, 2.05) is 84.9 Å². The molecule has 166 valence electrons. The topological polar surface area (TPSA) is 73.2 Å². The van der Waals surface area contributed by atoms with Gasteiger partial charge in [0.05, 0.1) is 25.3 Å². The Hall–Kier alpha value is -4.19. The monoisotopic (exact) mass is 439 g/mol. The lowest BCUT2D eigenvalue weighted by Crippen LogP contribution is -2.35. The van der Waals surface area contributed by atoms with Crippen molar-refractivity contribution in [1.82, 2.24) is 15.1 Å². The Morgan fingerprint density at radius 1 is 0.879 bits per heavy atom. The average Bonchev–Trinajstić information content (AvgIpc) is 2.87. The van der Waals surface area contributed by atoms with Crippen molar-refractivity contribution < 1.29 is 9.53 Å². The van der Waals surface area contributed by atoms with Crippen LogP contribution < -0.4 is 15.6 Å². The van der Waals surface area contributed by atoms with Crippen LogP contribution in [0.2, 0.25) is 0 Å². The molecule has 0 aliphatic rings. The van der Waals surface area contributed by atoms with Crippen LogP contribution >= 0.6 is 0 Å². The summed E-state index contributed by atoms with van der Waals surface area (Å²) in [4.78, 5) is 25.5. The number of nitrogens with zero attached hydrogens (tertiary/aromatic N) is 2. The largest absolute Gasteiger partial charge is 0.497 e. The van der Waals surface area contributed by atoms with Gasteiger partial charge in [0.25, 0.3) is 5.56 Å². The molecular weight excluding hydrogens is 414 g/mol. The molecule has 0 saturated carbocycles. The van der Waals surface area contributed by atoms with Crippen molar-refractivity contribution >= 4 is 5.91 Å². The Balaban J connectivity index is 1.47. The number of aromatic nitrogens is 2. The molecule has 6 heteroatoms. The van der Waals surface area contributed by atoms with Gasteiger partial charge in [0, 0.05) is 18.2 Å². The predicted molar refractivity (Wildman–Crippen MR) is 128 cm³/mol. The van der Waals surface area contributed by atoms with Crippen LogP contribution in [0.15, 0.2) is 102 Å². The first-order chi connectivity index (χ1) is 16.2. The fraction of sp³-hybridized carbons (Fsp3) is 0.148. The van der Waals surface area contributed by atoms with E-state index >= 15 is 0 Å². The lowest BCUT2D eigenvalue weighted by molar-refractivity contribution is -0.121. The minimum Gasteiger partial charge on any atom is -0.497 e. The van der Waals surface area contributed by atoms with Crippen molar-refractivity contribution in [2.24, 2.45) is 0 Å². The first kappa shape index (κ1) is 22.0. The van der Waals surface area contributed by atoms with Crippen molar-refractivity contribution in [1.29, 1.82) is 0 Å². The van der Waals surface area contributed by atoms with E-state index in [2.05, 4.69) is 10.4 Å². The van der Waals surface area contributed by atoms with Gasteiger partial charge in [-0.2, -0.15) is 5.10 Å². The van der Waals surface area contributed by atoms with E-state index in [1.54, 1.807) is 13.2 Å². The molecule has 0 bridgehead atoms. The summed E-state index contributed by atoms with van der Waals surface area (Å²) in [6.45, 7) is 0.554. The standard InChI is InChI=1S/C27H25N3O3/c1-33-23-14-12-20(13-15-23)24-16-17-25(31)30(29-24)19-18-28-27(32)26(21-8-4-2-5-9-21)22-10-6-3-7-11-22/h2-17,26H,18-19H2,1H3,(H,28,32). The zero-order valence-corrected chi connectivity index (χ0v) is 18.3. The molecule has 0 aliphatic heterocycles. The zero-order valence-electron chi connectivity index (χ0n) is 18.3. The summed E-state index contributed by atoms with van der Waals surface area (Å²) in [6, 6.07) is 30.0. The molecular formula is C27H25N3O3. The van der Waals surface area contributed by atoms with Crippen LogP contribution in [-0.4, -0.2) is 29.3 Å². The van der Waals surface area contributed by atoms with Crippen LogP contribution in [0.1, 0.15) is 17.0 Å². The number of amides is 1. The highest BCUT2D eigenvalue weighted by molar-refractivity contribution is 5.87. The quantitative estimate of drug-likeness (QED) is 0.452. The summed E-state index contributed by atoms with van der Waals surface area (Å²) in [5, 5.41) is 7.44. The second kappa shape index (κ2) is 10.4. The van der Waals surface area contributed by atoms with Gasteiger partial charge in [-0.05, 0) is 41.5 Å². The highest BCUT2D eigenvalue weighted by Crippen LogP contribution is 2.24. The van der Waals surface area contributed by atoms with Crippen LogP contribution in [0.4, 0.5) is 0 Å². The summed E-state index contributed by atoms with van der Waals surface area (Å²) >= 11 is 0. The average molecular weight is 440 g/mol. The first-order valence-electron chi connectivity index (χ1n) is 10.8. The molecule has 0 spiro atoms. The van der Waals surface area contributed by atoms with E-state index < -0.39 is 5.92 Å². The molecule has 0 fully saturated rings. The number of benzene rings is 3. The molecule has 0 atom stereocenters. The molecule has 33 heavy (non-hydrogen) atoms. The first-order valence-corrected chi connectivity index (χ1v) is 10.8. The number of nitrogens with one attached hydrogen (secondary N) is 1. The summed E-state index contributed by atoms with van der Waals surface area (Å²) in [6.07, 6.45) is 0. The van der Waals surface area contributed by atoms with Gasteiger partial charge >= 0.3 is 0 Å². The third-order valence-electron chi connectivity index (χ3n) is 5.40. The highest BCUT2D eigenvalue weighted by atomic mass is 16.5. The lowest BCUT2D eigenvalue weighted by atomic mass is 9.90. The molecule has 4 aromatic rings. The Morgan fingerprint density at radius 2 is 1.48 bits per heavy atom. The van der Waals surface area contributed by atoms with E-state index in [-0.39, 0.29) is 24.6 Å². The fourth-order valence-electron chi connectivity index (χ4n) is 3.70. The van der Waals surface area contributed by atoms with Gasteiger partial charge in [0.15, 0.2) is 0 Å². The van der Waals surface area contributed by atoms with Gasteiger partial charge < -0.3 is 10.1 Å². The van der Waals surface area contributed by atoms with E-state index in [9.17, 15) is 9.59 Å². The molecule has 1 aromatic heterocycles. The van der Waals surface area contributed by atoms with Crippen molar-refractivity contribution in [2.75, 3.05) is 13.7 Å². The highest BCUT2D eigenvalue weighted by Gasteiger charge is 2.22. The Labute approximate surface area is 192 Å². The molecule has 0 aliphatic carbocycles. The number of ether oxygens (including phenoxy) is 1. The van der Waals surface area contributed by atoms with Crippen LogP contribution in [-0.2, 0) is 11.3 Å². The molecule has 0 saturated heterocycles. The number of hydrogen-bond donors (Lipinski definition) is 1. The summed E-state index contributed by atoms with van der Waals surface area (Å²) in [5.41, 5.74) is 3.16. The number of rotatable bonds is 8. The summed E-state index contributed by atoms with van der Waals surface area (Å²) in [5.74, 6) is 0.204. The summed E-state index contributed by atoms with van der Waals surface area (Å²) < 4.78 is 6.57. The van der Waals surface area contributed by atoms with Crippen LogP contribution in [0.5, 0.6) is 5.75 Å². The number of carbonyl (C=O) groups excluding carboxylic acids is 1. The van der Waals surface area contributed by atoms with E-state index in [0.29, 0.717) is 5.69 Å². The van der Waals surface area contributed by atoms with Crippen LogP contribution in [0.3, 0.4) is 0 Å². The number of methoxy groups -OCH3 is 1. The number of carbonyl (C=O) groups is 1. The smallest absolute Gasteiger partial charge is 0.266 e. The second-order valence-corrected chi connectivity index (χ2v) is 7.55. The van der Waals surface area contributed by atoms with Gasteiger partial charge in [-0.3, -0.25) is 9.59 Å². The van der Waals surface area contributed by atoms with Crippen molar-refractivity contribution in [2.45, 2.75) is 12.5 Å². The number of hydrogen-bond acceptors (Lipinski definition) is 4. The molecule has 1 N–H and O–H groups in total. The molecule has 6 nitrogen and oxygen atoms in total. The zero-order chi connectivity index (χ0) is 23.0. The third kappa shape index (κ3) is 5.36. The third-order valence-corrected chi connectivity index (χ3v) is 5.40. The molecule has 4 rings (SSSR count). The van der Waals surface area contributed by atoms with Crippen LogP contribution in [0.25, 0.3) is 11.3 Å². The van der Waals surface area contributed by atoms with Gasteiger partial charge in [-0.1, -0.05) is 60.7 Å². The van der Waals surface area contributed by atoms with Crippen molar-refractivity contribution in [3.8, 4) is 17.0 Å². The molecule has 1 amide bonds. The fourth-order valence-corrected chi connectivity index (χ4v) is 3.70. The molecule has 0 radical (unpaired) electrons. The van der Waals surface area contributed by atoms with Gasteiger partial charge in [0.2, 0.25) is 5.91 Å². The van der Waals surface area contributed by atoms with E-state index in [1.165, 1.54) is 10.7 Å². The molecule has 1 heterocycles. The maximum Gasteiger partial charge on any atom is 0.266 e. The minimum absolute atomic E-state index is 0.119. The molecule has 3 aromatic carbocycles. The maximum absolute atomic E-state index is 13.1. The van der Waals surface area contributed by atoms with Gasteiger partial charge in [-0.25, -0.2) is 4.68 Å². The van der Waals surface area contributed by atoms with E-state index in [4.69, 9.17) is 4.74 Å². The normalized spacial score (nSPS) is 10.7. The Morgan fingerprint density at radius 3 is 2.06 bits per heavy atom. The van der Waals surface area contributed by atoms with Gasteiger partial charge in [-0.15, -0.1) is 0 Å². The second-order valence-electron chi connectivity index (χ2n) is 7.55. The van der Waals surface area contributed by atoms with Crippen molar-refractivity contribution in [3.63, 3.8) is 0 Å². The lowest BCUT2D eigenvalue weighted by Gasteiger charge is -2.18. The minimum atomic E-state index is -0.428.